The van der Waals surface area contributed by atoms with Gasteiger partial charge in [0.25, 0.3) is 0 Å². The van der Waals surface area contributed by atoms with E-state index in [-0.39, 0.29) is 0 Å². The Kier molecular flexibility index (Phi) is 50.3. The normalized spacial score (nSPS) is 10.1. The molecule has 0 saturated heterocycles. The van der Waals surface area contributed by atoms with E-state index in [1.807, 2.05) is 151 Å². The first-order valence-electron chi connectivity index (χ1n) is 31.9. The Bertz CT molecular complexity index is 3140. The number of alkyl halides is 3. The van der Waals surface area contributed by atoms with Crippen molar-refractivity contribution in [3.8, 4) is 11.5 Å². The van der Waals surface area contributed by atoms with Crippen LogP contribution in [0.25, 0.3) is 0 Å². The lowest BCUT2D eigenvalue weighted by Crippen LogP contribution is -2.21. The summed E-state index contributed by atoms with van der Waals surface area (Å²) in [7, 11) is 16.7. The van der Waals surface area contributed by atoms with Gasteiger partial charge in [0.1, 0.15) is 11.5 Å². The maximum Gasteiger partial charge on any atom is 0.416 e. The number of hydrogen-bond acceptors (Lipinski definition) is 11. The van der Waals surface area contributed by atoms with Crippen molar-refractivity contribution in [1.29, 1.82) is 0 Å². The van der Waals surface area contributed by atoms with Gasteiger partial charge in [-0.15, -0.1) is 0 Å². The molecule has 0 saturated carbocycles. The Morgan fingerprint density at radius 2 is 0.674 bits per heavy atom. The molecule has 95 heavy (non-hydrogen) atoms. The number of hydrogen-bond donors (Lipinski definition) is 9. The van der Waals surface area contributed by atoms with Gasteiger partial charge in [-0.3, -0.25) is 0 Å². The lowest BCUT2D eigenvalue weighted by molar-refractivity contribution is -0.137. The summed E-state index contributed by atoms with van der Waals surface area (Å²) in [4.78, 5) is 0. The summed E-state index contributed by atoms with van der Waals surface area (Å²) in [6, 6.07) is 77.1. The van der Waals surface area contributed by atoms with Crippen molar-refractivity contribution < 1.29 is 22.6 Å². The fraction of sp³-hybridized carbons (Fsp3) is 0.316. The highest BCUT2D eigenvalue weighted by Crippen LogP contribution is 2.29. The van der Waals surface area contributed by atoms with Crippen LogP contribution in [0.3, 0.4) is 0 Å². The predicted octanol–water partition coefficient (Wildman–Crippen LogP) is 16.5. The Balaban J connectivity index is 0.000000535. The summed E-state index contributed by atoms with van der Waals surface area (Å²) in [5, 5.41) is 29.5. The number of aryl methyl sites for hydroxylation is 1. The van der Waals surface area contributed by atoms with Crippen molar-refractivity contribution in [2.45, 2.75) is 98.8 Å². The molecule has 0 amide bonds. The molecule has 0 radical (unpaired) electrons. The van der Waals surface area contributed by atoms with Gasteiger partial charge in [0.2, 0.25) is 0 Å². The van der Waals surface area contributed by atoms with Gasteiger partial charge in [-0.05, 0) is 174 Å². The van der Waals surface area contributed by atoms with Crippen LogP contribution in [0.5, 0.6) is 11.5 Å². The van der Waals surface area contributed by atoms with Crippen molar-refractivity contribution in [3.63, 3.8) is 0 Å². The summed E-state index contributed by atoms with van der Waals surface area (Å²) in [5.41, 5.74) is 11.9. The van der Waals surface area contributed by atoms with Gasteiger partial charge in [-0.25, -0.2) is 0 Å². The van der Waals surface area contributed by atoms with E-state index in [0.717, 1.165) is 98.1 Å². The van der Waals surface area contributed by atoms with Gasteiger partial charge < -0.3 is 57.3 Å². The maximum absolute atomic E-state index is 12.1. The minimum Gasteiger partial charge on any atom is -0.497 e. The second kappa shape index (κ2) is 55.8. The van der Waals surface area contributed by atoms with Crippen molar-refractivity contribution in [1.82, 2.24) is 47.9 Å². The number of methoxy groups -OCH3 is 2. The highest BCUT2D eigenvalue weighted by molar-refractivity contribution is 6.30. The van der Waals surface area contributed by atoms with Gasteiger partial charge in [0.15, 0.2) is 0 Å². The molecule has 9 aromatic rings. The monoisotopic (exact) mass is 1340 g/mol. The molecule has 9 aromatic carbocycles. The van der Waals surface area contributed by atoms with E-state index in [2.05, 4.69) is 179 Å². The van der Waals surface area contributed by atoms with Crippen LogP contribution < -0.4 is 57.3 Å². The molecule has 0 bridgehead atoms. The molecule has 0 unspecified atom stereocenters. The Morgan fingerprint density at radius 1 is 0.347 bits per heavy atom. The van der Waals surface area contributed by atoms with Crippen LogP contribution in [0.15, 0.2) is 237 Å². The first kappa shape index (κ1) is 85.6. The largest absolute Gasteiger partial charge is 0.497 e. The highest BCUT2D eigenvalue weighted by atomic mass is 35.5. The second-order valence-corrected chi connectivity index (χ2v) is 22.5. The minimum absolute atomic E-state index is 0.565. The molecule has 0 fully saturated rings. The number of halogens is 5. The Labute approximate surface area is 578 Å². The molecule has 0 aliphatic rings. The SMILES string of the molecule is CC(C)NCc1ccccc1.CCNCc1ccccc1.CNCc1ccc(C(F)(F)F)cc1.CNCc1ccc(C)cc1.CNCc1ccc(Cl)cc1.CNCc1ccc(OC)cc1.CNCc1cccc(Cl)c1.CNCc1cccc(OC)c1.CNCc1ccccc1. The molecular weight excluding hydrogens is 1230 g/mol. The molecule has 11 nitrogen and oxygen atoms in total. The lowest BCUT2D eigenvalue weighted by atomic mass is 10.1. The summed E-state index contributed by atoms with van der Waals surface area (Å²) in [6.45, 7) is 17.6. The standard InChI is InChI=1S/C10H15N.C9H10F3N.2C9H13NO.2C9H13N.2C8H10ClN.C8H11N/c1-9(2)11-8-10-6-4-3-5-7-10;1-13-6-7-2-4-8(5-3-7)9(10,11)12;1-10-7-8-3-5-9(11-2)6-4-8;1-10-7-8-4-3-5-9(6-8)11-2;1-8-3-5-9(6-4-8)7-10-2;1-2-10-8-9-6-4-3-5-7-9;1-10-6-7-2-4-8(9)5-3-7;1-10-6-7-3-2-4-8(9)5-7;1-9-7-8-5-3-2-4-6-8/h3-7,9,11H,8H2,1-2H3;2-5,13H,6H2,1H3;2*3-6,10H,7H2,1-2H3;3-6,10H,7H2,1-2H3;3-7,10H,2,8H2,1H3;2*2-5,10H,6H2,1H3;2-6,9H,7H2,1H3. The molecule has 0 atom stereocenters. The molecule has 16 heteroatoms. The third-order valence-electron chi connectivity index (χ3n) is 13.0. The molecule has 0 aliphatic heterocycles. The third-order valence-corrected chi connectivity index (χ3v) is 13.5. The van der Waals surface area contributed by atoms with Crippen molar-refractivity contribution in [3.05, 3.63) is 308 Å². The van der Waals surface area contributed by atoms with E-state index in [4.69, 9.17) is 32.7 Å². The van der Waals surface area contributed by atoms with Crippen LogP contribution in [0.4, 0.5) is 13.2 Å². The molecule has 0 aromatic heterocycles. The molecule has 0 spiro atoms. The number of ether oxygens (including phenoxy) is 2. The Morgan fingerprint density at radius 3 is 1.04 bits per heavy atom. The van der Waals surface area contributed by atoms with Gasteiger partial charge in [-0.1, -0.05) is 225 Å². The quantitative estimate of drug-likeness (QED) is 0.0322. The van der Waals surface area contributed by atoms with Crippen LogP contribution in [-0.4, -0.2) is 76.1 Å². The minimum atomic E-state index is -4.24. The van der Waals surface area contributed by atoms with E-state index < -0.39 is 11.7 Å². The summed E-state index contributed by atoms with van der Waals surface area (Å²) in [6.07, 6.45) is -4.24. The highest BCUT2D eigenvalue weighted by Gasteiger charge is 2.29. The molecule has 516 valence electrons. The van der Waals surface area contributed by atoms with Gasteiger partial charge in [0, 0.05) is 75.0 Å². The number of benzene rings is 9. The zero-order valence-corrected chi connectivity index (χ0v) is 59.9. The van der Waals surface area contributed by atoms with Crippen LogP contribution in [0, 0.1) is 6.92 Å². The van der Waals surface area contributed by atoms with E-state index in [1.165, 1.54) is 62.2 Å². The molecule has 9 N–H and O–H groups in total. The van der Waals surface area contributed by atoms with E-state index in [0.29, 0.717) is 12.6 Å². The van der Waals surface area contributed by atoms with Crippen molar-refractivity contribution >= 4 is 23.2 Å². The molecule has 9 rings (SSSR count). The predicted molar refractivity (Wildman–Crippen MR) is 400 cm³/mol. The number of nitrogens with one attached hydrogen (secondary N) is 9. The van der Waals surface area contributed by atoms with Crippen molar-refractivity contribution in [2.75, 3.05) is 70.1 Å². The summed E-state index contributed by atoms with van der Waals surface area (Å²) < 4.78 is 46.4. The fourth-order valence-electron chi connectivity index (χ4n) is 8.10. The van der Waals surface area contributed by atoms with E-state index in [1.54, 1.807) is 21.3 Å². The van der Waals surface area contributed by atoms with Crippen LogP contribution in [0.2, 0.25) is 10.0 Å². The zero-order valence-electron chi connectivity index (χ0n) is 58.4. The lowest BCUT2D eigenvalue weighted by Gasteiger charge is -2.06. The van der Waals surface area contributed by atoms with Crippen LogP contribution >= 0.6 is 23.2 Å². The summed E-state index contributed by atoms with van der Waals surface area (Å²) in [5.74, 6) is 1.82. The fourth-order valence-corrected chi connectivity index (χ4v) is 8.44. The zero-order chi connectivity index (χ0) is 70.2. The van der Waals surface area contributed by atoms with Gasteiger partial charge in [-0.2, -0.15) is 13.2 Å². The molecular formula is C79H108Cl2F3N9O2. The molecule has 0 aliphatic carbocycles. The van der Waals surface area contributed by atoms with Gasteiger partial charge >= 0.3 is 6.18 Å². The first-order valence-corrected chi connectivity index (χ1v) is 32.7. The van der Waals surface area contributed by atoms with E-state index >= 15 is 0 Å². The maximum atomic E-state index is 12.1. The third kappa shape index (κ3) is 45.6. The van der Waals surface area contributed by atoms with Gasteiger partial charge in [0.05, 0.1) is 19.8 Å². The smallest absolute Gasteiger partial charge is 0.416 e. The van der Waals surface area contributed by atoms with E-state index in [9.17, 15) is 13.2 Å². The topological polar surface area (TPSA) is 127 Å². The average molecular weight is 1340 g/mol. The van der Waals surface area contributed by atoms with Crippen LogP contribution in [0.1, 0.15) is 82.0 Å². The average Bonchev–Trinajstić information content (AvgIpc) is 1.37. The number of rotatable bonds is 22. The summed E-state index contributed by atoms with van der Waals surface area (Å²) >= 11 is 11.4. The first-order chi connectivity index (χ1) is 45.9. The van der Waals surface area contributed by atoms with Crippen LogP contribution in [-0.2, 0) is 65.1 Å². The molecule has 0 heterocycles. The second-order valence-electron chi connectivity index (χ2n) is 21.6. The Hall–Kier alpha value is -7.41. The van der Waals surface area contributed by atoms with Crippen molar-refractivity contribution in [2.24, 2.45) is 0 Å².